The number of nitrogens with two attached hydrogens (primary N) is 1. The Morgan fingerprint density at radius 2 is 2.06 bits per heavy atom. The molecule has 0 aliphatic carbocycles. The number of rotatable bonds is 2. The van der Waals surface area contributed by atoms with Crippen molar-refractivity contribution >= 4 is 11.8 Å². The van der Waals surface area contributed by atoms with Gasteiger partial charge in [0.15, 0.2) is 0 Å². The van der Waals surface area contributed by atoms with Gasteiger partial charge in [0.05, 0.1) is 6.04 Å². The van der Waals surface area contributed by atoms with Crippen LogP contribution in [0.1, 0.15) is 39.5 Å². The van der Waals surface area contributed by atoms with E-state index in [1.807, 2.05) is 0 Å². The molecule has 2 atom stereocenters. The number of primary amides is 1. The van der Waals surface area contributed by atoms with Gasteiger partial charge in [-0.2, -0.15) is 0 Å². The third-order valence-corrected chi connectivity index (χ3v) is 4.24. The summed E-state index contributed by atoms with van der Waals surface area (Å²) in [5.41, 5.74) is 5.31. The van der Waals surface area contributed by atoms with E-state index in [1.165, 1.54) is 0 Å². The molecule has 2 aliphatic heterocycles. The first-order chi connectivity index (χ1) is 8.43. The van der Waals surface area contributed by atoms with E-state index >= 15 is 0 Å². The molecule has 0 saturated carbocycles. The monoisotopic (exact) mass is 253 g/mol. The normalized spacial score (nSPS) is 31.3. The van der Waals surface area contributed by atoms with Gasteiger partial charge in [-0.1, -0.05) is 13.8 Å². The summed E-state index contributed by atoms with van der Waals surface area (Å²) in [6.45, 7) is 5.74. The zero-order valence-electron chi connectivity index (χ0n) is 11.2. The van der Waals surface area contributed by atoms with Gasteiger partial charge in [0.1, 0.15) is 6.04 Å². The van der Waals surface area contributed by atoms with Gasteiger partial charge < -0.3 is 16.0 Å². The van der Waals surface area contributed by atoms with Gasteiger partial charge in [0.2, 0.25) is 11.8 Å². The van der Waals surface area contributed by atoms with Gasteiger partial charge in [0, 0.05) is 6.54 Å². The number of nitrogens with one attached hydrogen (secondary N) is 1. The van der Waals surface area contributed by atoms with Crippen molar-refractivity contribution < 1.29 is 9.59 Å². The molecule has 2 saturated heterocycles. The molecule has 102 valence electrons. The van der Waals surface area contributed by atoms with Crippen LogP contribution in [0.15, 0.2) is 0 Å². The highest BCUT2D eigenvalue weighted by Gasteiger charge is 2.43. The fourth-order valence-corrected chi connectivity index (χ4v) is 3.12. The number of carbonyl (C=O) groups is 2. The van der Waals surface area contributed by atoms with E-state index in [2.05, 4.69) is 19.2 Å². The lowest BCUT2D eigenvalue weighted by Crippen LogP contribution is -2.58. The summed E-state index contributed by atoms with van der Waals surface area (Å²) >= 11 is 0. The Balaban J connectivity index is 2.12. The molecule has 2 unspecified atom stereocenters. The maximum absolute atomic E-state index is 12.6. The quantitative estimate of drug-likeness (QED) is 0.740. The van der Waals surface area contributed by atoms with Crippen molar-refractivity contribution in [3.63, 3.8) is 0 Å². The van der Waals surface area contributed by atoms with Gasteiger partial charge in [0.25, 0.3) is 0 Å². The average molecular weight is 253 g/mol. The lowest BCUT2D eigenvalue weighted by molar-refractivity contribution is -0.142. The highest BCUT2D eigenvalue weighted by Crippen LogP contribution is 2.32. The van der Waals surface area contributed by atoms with E-state index in [0.717, 1.165) is 25.8 Å². The Kier molecular flexibility index (Phi) is 3.61. The van der Waals surface area contributed by atoms with Crippen molar-refractivity contribution in [2.24, 2.45) is 11.1 Å². The second-order valence-corrected chi connectivity index (χ2v) is 6.07. The van der Waals surface area contributed by atoms with E-state index in [0.29, 0.717) is 13.0 Å². The minimum Gasteiger partial charge on any atom is -0.368 e. The number of piperidine rings is 1. The Bertz CT molecular complexity index is 354. The van der Waals surface area contributed by atoms with E-state index < -0.39 is 6.04 Å². The SMILES string of the molecule is CC1(C)CCCNC1C(=O)N1CCCC1C(N)=O. The van der Waals surface area contributed by atoms with Gasteiger partial charge in [-0.3, -0.25) is 9.59 Å². The molecule has 2 heterocycles. The maximum Gasteiger partial charge on any atom is 0.240 e. The van der Waals surface area contributed by atoms with Crippen LogP contribution in [0, 0.1) is 5.41 Å². The van der Waals surface area contributed by atoms with Crippen molar-refractivity contribution in [3.8, 4) is 0 Å². The summed E-state index contributed by atoms with van der Waals surface area (Å²) in [4.78, 5) is 25.6. The average Bonchev–Trinajstić information content (AvgIpc) is 2.76. The standard InChI is InChI=1S/C13H23N3O2/c1-13(2)6-4-7-15-10(13)12(18)16-8-3-5-9(16)11(14)17/h9-10,15H,3-8H2,1-2H3,(H2,14,17). The van der Waals surface area contributed by atoms with Gasteiger partial charge >= 0.3 is 0 Å². The van der Waals surface area contributed by atoms with Crippen LogP contribution in [-0.2, 0) is 9.59 Å². The van der Waals surface area contributed by atoms with Crippen LogP contribution in [0.25, 0.3) is 0 Å². The number of carbonyl (C=O) groups excluding carboxylic acids is 2. The highest BCUT2D eigenvalue weighted by molar-refractivity contribution is 5.90. The molecule has 5 heteroatoms. The molecule has 0 radical (unpaired) electrons. The number of hydrogen-bond donors (Lipinski definition) is 2. The number of nitrogens with zero attached hydrogens (tertiary/aromatic N) is 1. The Morgan fingerprint density at radius 3 is 2.67 bits per heavy atom. The molecule has 5 nitrogen and oxygen atoms in total. The molecule has 2 rings (SSSR count). The van der Waals surface area contributed by atoms with Crippen LogP contribution in [0.4, 0.5) is 0 Å². The van der Waals surface area contributed by atoms with E-state index in [-0.39, 0.29) is 23.3 Å². The van der Waals surface area contributed by atoms with Crippen LogP contribution < -0.4 is 11.1 Å². The van der Waals surface area contributed by atoms with Crippen LogP contribution in [0.5, 0.6) is 0 Å². The Hall–Kier alpha value is -1.10. The Labute approximate surface area is 108 Å². The maximum atomic E-state index is 12.6. The number of hydrogen-bond acceptors (Lipinski definition) is 3. The van der Waals surface area contributed by atoms with Crippen LogP contribution in [0.3, 0.4) is 0 Å². The molecular formula is C13H23N3O2. The summed E-state index contributed by atoms with van der Waals surface area (Å²) < 4.78 is 0. The van der Waals surface area contributed by atoms with Crippen molar-refractivity contribution in [1.29, 1.82) is 0 Å². The summed E-state index contributed by atoms with van der Waals surface area (Å²) in [6.07, 6.45) is 3.70. The minimum atomic E-state index is -0.406. The molecule has 0 aromatic rings. The molecular weight excluding hydrogens is 230 g/mol. The first-order valence-electron chi connectivity index (χ1n) is 6.77. The molecule has 0 bridgehead atoms. The molecule has 2 amide bonds. The van der Waals surface area contributed by atoms with Crippen LogP contribution in [-0.4, -0.2) is 41.9 Å². The second-order valence-electron chi connectivity index (χ2n) is 6.07. The van der Waals surface area contributed by atoms with Crippen molar-refractivity contribution in [3.05, 3.63) is 0 Å². The summed E-state index contributed by atoms with van der Waals surface area (Å²) in [5.74, 6) is -0.338. The highest BCUT2D eigenvalue weighted by atomic mass is 16.2. The van der Waals surface area contributed by atoms with E-state index in [1.54, 1.807) is 4.90 Å². The fourth-order valence-electron chi connectivity index (χ4n) is 3.12. The third kappa shape index (κ3) is 2.36. The number of likely N-dealkylation sites (tertiary alicyclic amines) is 1. The fraction of sp³-hybridized carbons (Fsp3) is 0.846. The summed E-state index contributed by atoms with van der Waals surface area (Å²) in [6, 6.07) is -0.594. The van der Waals surface area contributed by atoms with Gasteiger partial charge in [-0.05, 0) is 37.6 Å². The van der Waals surface area contributed by atoms with Crippen LogP contribution >= 0.6 is 0 Å². The minimum absolute atomic E-state index is 0.0426. The largest absolute Gasteiger partial charge is 0.368 e. The van der Waals surface area contributed by atoms with Gasteiger partial charge in [-0.15, -0.1) is 0 Å². The molecule has 18 heavy (non-hydrogen) atoms. The smallest absolute Gasteiger partial charge is 0.240 e. The summed E-state index contributed by atoms with van der Waals surface area (Å²) in [5, 5.41) is 3.30. The molecule has 2 aliphatic rings. The molecule has 3 N–H and O–H groups in total. The predicted octanol–water partition coefficient (Wildman–Crippen LogP) is 0.241. The van der Waals surface area contributed by atoms with Crippen LogP contribution in [0.2, 0.25) is 0 Å². The second kappa shape index (κ2) is 4.88. The molecule has 0 aromatic heterocycles. The van der Waals surface area contributed by atoms with Crippen molar-refractivity contribution in [2.45, 2.75) is 51.6 Å². The predicted molar refractivity (Wildman–Crippen MR) is 68.7 cm³/mol. The first kappa shape index (κ1) is 13.3. The van der Waals surface area contributed by atoms with E-state index in [9.17, 15) is 9.59 Å². The lowest BCUT2D eigenvalue weighted by atomic mass is 9.77. The summed E-state index contributed by atoms with van der Waals surface area (Å²) in [7, 11) is 0. The molecule has 0 spiro atoms. The Morgan fingerprint density at radius 1 is 1.33 bits per heavy atom. The topological polar surface area (TPSA) is 75.4 Å². The molecule has 0 aromatic carbocycles. The number of amides is 2. The lowest BCUT2D eigenvalue weighted by Gasteiger charge is -2.40. The third-order valence-electron chi connectivity index (χ3n) is 4.24. The van der Waals surface area contributed by atoms with Crippen molar-refractivity contribution in [1.82, 2.24) is 10.2 Å². The first-order valence-corrected chi connectivity index (χ1v) is 6.77. The zero-order valence-corrected chi connectivity index (χ0v) is 11.2. The molecule has 2 fully saturated rings. The van der Waals surface area contributed by atoms with E-state index in [4.69, 9.17) is 5.73 Å². The zero-order chi connectivity index (χ0) is 13.3. The van der Waals surface area contributed by atoms with Crippen molar-refractivity contribution in [2.75, 3.05) is 13.1 Å². The van der Waals surface area contributed by atoms with Gasteiger partial charge in [-0.25, -0.2) is 0 Å².